The van der Waals surface area contributed by atoms with Crippen molar-refractivity contribution < 1.29 is 18.7 Å². The molecule has 2 N–H and O–H groups in total. The summed E-state index contributed by atoms with van der Waals surface area (Å²) in [6.45, 7) is 0.514. The topological polar surface area (TPSA) is 93.2 Å². The van der Waals surface area contributed by atoms with E-state index in [0.29, 0.717) is 28.4 Å². The molecule has 0 fully saturated rings. The molecule has 144 valence electrons. The Hall–Kier alpha value is -3.17. The minimum absolute atomic E-state index is 0.218. The van der Waals surface area contributed by atoms with Crippen molar-refractivity contribution >= 4 is 28.8 Å². The van der Waals surface area contributed by atoms with E-state index >= 15 is 0 Å². The van der Waals surface area contributed by atoms with Gasteiger partial charge in [-0.2, -0.15) is 0 Å². The fourth-order valence-electron chi connectivity index (χ4n) is 2.35. The van der Waals surface area contributed by atoms with Crippen molar-refractivity contribution in [2.45, 2.75) is 13.2 Å². The molecule has 0 bridgehead atoms. The van der Waals surface area contributed by atoms with E-state index in [0.717, 1.165) is 11.3 Å². The summed E-state index contributed by atoms with van der Waals surface area (Å²) in [5, 5.41) is 13.9. The molecular formula is C19H17FN4O3S. The largest absolute Gasteiger partial charge is 0.377 e. The van der Waals surface area contributed by atoms with Crippen LogP contribution in [-0.4, -0.2) is 29.1 Å². The van der Waals surface area contributed by atoms with Crippen LogP contribution in [0.5, 0.6) is 0 Å². The maximum absolute atomic E-state index is 13.2. The number of carbonyl (C=O) groups excluding carboxylic acids is 2. The van der Waals surface area contributed by atoms with E-state index < -0.39 is 0 Å². The zero-order valence-corrected chi connectivity index (χ0v) is 15.8. The van der Waals surface area contributed by atoms with Gasteiger partial charge in [0.05, 0.1) is 6.61 Å². The molecule has 28 heavy (non-hydrogen) atoms. The van der Waals surface area contributed by atoms with E-state index in [9.17, 15) is 14.0 Å². The van der Waals surface area contributed by atoms with Crippen molar-refractivity contribution in [2.24, 2.45) is 0 Å². The molecule has 7 nitrogen and oxygen atoms in total. The lowest BCUT2D eigenvalue weighted by molar-refractivity contribution is 0.0950. The predicted octanol–water partition coefficient (Wildman–Crippen LogP) is 3.01. The van der Waals surface area contributed by atoms with Gasteiger partial charge in [-0.1, -0.05) is 23.5 Å². The molecular weight excluding hydrogens is 383 g/mol. The molecule has 1 heterocycles. The number of hydrogen-bond donors (Lipinski definition) is 2. The molecule has 2 amide bonds. The maximum Gasteiger partial charge on any atom is 0.286 e. The van der Waals surface area contributed by atoms with Gasteiger partial charge in [0.15, 0.2) is 0 Å². The van der Waals surface area contributed by atoms with Crippen LogP contribution in [-0.2, 0) is 17.9 Å². The third-order valence-corrected chi connectivity index (χ3v) is 4.57. The van der Waals surface area contributed by atoms with Crippen LogP contribution in [0, 0.1) is 5.82 Å². The van der Waals surface area contributed by atoms with Crippen LogP contribution in [0.4, 0.5) is 10.1 Å². The molecule has 0 unspecified atom stereocenters. The summed E-state index contributed by atoms with van der Waals surface area (Å²) >= 11 is 1.15. The number of ether oxygens (including phenoxy) is 1. The average Bonchev–Trinajstić information content (AvgIpc) is 3.16. The molecule has 1 aromatic heterocycles. The first-order valence-electron chi connectivity index (χ1n) is 8.30. The van der Waals surface area contributed by atoms with Crippen LogP contribution in [0.25, 0.3) is 0 Å². The highest BCUT2D eigenvalue weighted by atomic mass is 32.1. The van der Waals surface area contributed by atoms with Crippen LogP contribution in [0.15, 0.2) is 48.5 Å². The number of aromatic nitrogens is 2. The van der Waals surface area contributed by atoms with E-state index in [4.69, 9.17) is 4.74 Å². The number of methoxy groups -OCH3 is 1. The van der Waals surface area contributed by atoms with E-state index in [2.05, 4.69) is 20.8 Å². The van der Waals surface area contributed by atoms with Gasteiger partial charge in [-0.25, -0.2) is 4.39 Å². The maximum atomic E-state index is 13.2. The second kappa shape index (κ2) is 9.16. The van der Waals surface area contributed by atoms with Gasteiger partial charge in [-0.15, -0.1) is 10.2 Å². The standard InChI is InChI=1S/C19H17FN4O3S/c1-27-11-16-23-24-19(28-16)18(26)22-15-7-5-13(6-8-15)17(25)21-10-12-3-2-4-14(20)9-12/h2-9H,10-11H2,1H3,(H,21,25)(H,22,26). The first-order chi connectivity index (χ1) is 13.5. The van der Waals surface area contributed by atoms with Gasteiger partial charge in [0.2, 0.25) is 5.01 Å². The summed E-state index contributed by atoms with van der Waals surface area (Å²) in [7, 11) is 1.54. The first kappa shape index (κ1) is 19.6. The van der Waals surface area contributed by atoms with Gasteiger partial charge in [0.1, 0.15) is 10.8 Å². The van der Waals surface area contributed by atoms with E-state index in [1.165, 1.54) is 19.2 Å². The second-order valence-electron chi connectivity index (χ2n) is 5.78. The van der Waals surface area contributed by atoms with Gasteiger partial charge < -0.3 is 15.4 Å². The number of nitrogens with one attached hydrogen (secondary N) is 2. The normalized spacial score (nSPS) is 10.5. The number of amides is 2. The van der Waals surface area contributed by atoms with Crippen molar-refractivity contribution in [1.29, 1.82) is 0 Å². The molecule has 0 atom stereocenters. The number of nitrogens with zero attached hydrogens (tertiary/aromatic N) is 2. The van der Waals surface area contributed by atoms with Gasteiger partial charge >= 0.3 is 0 Å². The average molecular weight is 400 g/mol. The molecule has 9 heteroatoms. The zero-order chi connectivity index (χ0) is 19.9. The molecule has 3 aromatic rings. The molecule has 0 aliphatic rings. The van der Waals surface area contributed by atoms with E-state index in [1.54, 1.807) is 36.4 Å². The van der Waals surface area contributed by atoms with Crippen LogP contribution in [0.3, 0.4) is 0 Å². The van der Waals surface area contributed by atoms with Crippen LogP contribution >= 0.6 is 11.3 Å². The summed E-state index contributed by atoms with van der Waals surface area (Å²) in [6, 6.07) is 12.4. The zero-order valence-electron chi connectivity index (χ0n) is 14.9. The quantitative estimate of drug-likeness (QED) is 0.636. The third kappa shape index (κ3) is 5.18. The Balaban J connectivity index is 1.56. The summed E-state index contributed by atoms with van der Waals surface area (Å²) in [5.41, 5.74) is 1.62. The summed E-state index contributed by atoms with van der Waals surface area (Å²) in [6.07, 6.45) is 0. The number of hydrogen-bond acceptors (Lipinski definition) is 6. The van der Waals surface area contributed by atoms with Crippen LogP contribution in [0.1, 0.15) is 30.7 Å². The van der Waals surface area contributed by atoms with Crippen LogP contribution < -0.4 is 10.6 Å². The number of benzene rings is 2. The Kier molecular flexibility index (Phi) is 6.41. The number of rotatable bonds is 7. The van der Waals surface area contributed by atoms with Crippen molar-refractivity contribution in [3.8, 4) is 0 Å². The molecule has 0 saturated carbocycles. The van der Waals surface area contributed by atoms with Gasteiger partial charge in [-0.05, 0) is 42.0 Å². The highest BCUT2D eigenvalue weighted by molar-refractivity contribution is 7.13. The minimum atomic E-state index is -0.386. The van der Waals surface area contributed by atoms with Crippen LogP contribution in [0.2, 0.25) is 0 Å². The number of halogens is 1. The molecule has 0 aliphatic heterocycles. The highest BCUT2D eigenvalue weighted by Crippen LogP contribution is 2.15. The first-order valence-corrected chi connectivity index (χ1v) is 9.12. The Bertz CT molecular complexity index is 975. The molecule has 0 saturated heterocycles. The molecule has 0 radical (unpaired) electrons. The van der Waals surface area contributed by atoms with Crippen molar-refractivity contribution in [2.75, 3.05) is 12.4 Å². The fourth-order valence-corrected chi connectivity index (χ4v) is 3.05. The highest BCUT2D eigenvalue weighted by Gasteiger charge is 2.13. The lowest BCUT2D eigenvalue weighted by atomic mass is 10.1. The molecule has 0 spiro atoms. The fraction of sp³-hybridized carbons (Fsp3) is 0.158. The lowest BCUT2D eigenvalue weighted by Gasteiger charge is -2.07. The Morgan fingerprint density at radius 2 is 1.89 bits per heavy atom. The molecule has 2 aromatic carbocycles. The van der Waals surface area contributed by atoms with Gasteiger partial charge in [0, 0.05) is 24.9 Å². The predicted molar refractivity (Wildman–Crippen MR) is 103 cm³/mol. The second-order valence-corrected chi connectivity index (χ2v) is 6.84. The van der Waals surface area contributed by atoms with Crippen molar-refractivity contribution in [3.63, 3.8) is 0 Å². The Morgan fingerprint density at radius 3 is 2.61 bits per heavy atom. The SMILES string of the molecule is COCc1nnc(C(=O)Nc2ccc(C(=O)NCc3cccc(F)c3)cc2)s1. The Labute approximate surface area is 164 Å². The van der Waals surface area contributed by atoms with E-state index in [-0.39, 0.29) is 29.2 Å². The minimum Gasteiger partial charge on any atom is -0.377 e. The van der Waals surface area contributed by atoms with Gasteiger partial charge in [0.25, 0.3) is 11.8 Å². The smallest absolute Gasteiger partial charge is 0.286 e. The number of anilines is 1. The Morgan fingerprint density at radius 1 is 1.11 bits per heavy atom. The monoisotopic (exact) mass is 400 g/mol. The van der Waals surface area contributed by atoms with Gasteiger partial charge in [-0.3, -0.25) is 9.59 Å². The van der Waals surface area contributed by atoms with Crippen molar-refractivity contribution in [3.05, 3.63) is 75.5 Å². The van der Waals surface area contributed by atoms with E-state index in [1.807, 2.05) is 0 Å². The third-order valence-electron chi connectivity index (χ3n) is 3.68. The molecule has 3 rings (SSSR count). The molecule has 0 aliphatic carbocycles. The summed E-state index contributed by atoms with van der Waals surface area (Å²) in [4.78, 5) is 24.4. The summed E-state index contributed by atoms with van der Waals surface area (Å²) in [5.74, 6) is -1.03. The summed E-state index contributed by atoms with van der Waals surface area (Å²) < 4.78 is 18.1. The number of carbonyl (C=O) groups is 2. The van der Waals surface area contributed by atoms with Crippen molar-refractivity contribution in [1.82, 2.24) is 15.5 Å². The lowest BCUT2D eigenvalue weighted by Crippen LogP contribution is -2.22.